The van der Waals surface area contributed by atoms with Gasteiger partial charge in [0.05, 0.1) is 12.9 Å². The Morgan fingerprint density at radius 3 is 2.92 bits per heavy atom. The second kappa shape index (κ2) is 5.93. The van der Waals surface area contributed by atoms with Gasteiger partial charge in [0, 0.05) is 6.54 Å². The van der Waals surface area contributed by atoms with E-state index in [4.69, 9.17) is 26.4 Å². The first kappa shape index (κ1) is 16.2. The lowest BCUT2D eigenvalue weighted by atomic mass is 10.1. The minimum Gasteiger partial charge on any atom is -0.382 e. The maximum absolute atomic E-state index is 6.20. The van der Waals surface area contributed by atoms with E-state index in [1.807, 2.05) is 18.4 Å². The first-order chi connectivity index (χ1) is 12.0. The molecule has 2 fully saturated rings. The second-order valence-corrected chi connectivity index (χ2v) is 6.55. The van der Waals surface area contributed by atoms with Crippen LogP contribution in [0.2, 0.25) is 0 Å². The van der Waals surface area contributed by atoms with E-state index in [0.717, 1.165) is 0 Å². The molecule has 3 N–H and O–H groups in total. The SMILES string of the molecule is C#CCNC[C@H]1O[C@@H](n2cnc3c(N)ncnc32)[C@H]2OC(C)(C)OC12. The van der Waals surface area contributed by atoms with Crippen LogP contribution in [0.1, 0.15) is 20.1 Å². The Labute approximate surface area is 144 Å². The smallest absolute Gasteiger partial charge is 0.167 e. The number of hydrogen-bond acceptors (Lipinski definition) is 8. The van der Waals surface area contributed by atoms with Crippen molar-refractivity contribution >= 4 is 17.0 Å². The van der Waals surface area contributed by atoms with Crippen LogP contribution in [0, 0.1) is 12.3 Å². The summed E-state index contributed by atoms with van der Waals surface area (Å²) in [6.45, 7) is 4.80. The van der Waals surface area contributed by atoms with Gasteiger partial charge in [0.15, 0.2) is 23.5 Å². The lowest BCUT2D eigenvalue weighted by Crippen LogP contribution is -2.37. The summed E-state index contributed by atoms with van der Waals surface area (Å²) >= 11 is 0. The summed E-state index contributed by atoms with van der Waals surface area (Å²) < 4.78 is 20.2. The lowest BCUT2D eigenvalue weighted by molar-refractivity contribution is -0.195. The highest BCUT2D eigenvalue weighted by Gasteiger charge is 2.55. The predicted molar refractivity (Wildman–Crippen MR) is 89.2 cm³/mol. The van der Waals surface area contributed by atoms with E-state index in [1.54, 1.807) is 6.33 Å². The number of aromatic nitrogens is 4. The first-order valence-electron chi connectivity index (χ1n) is 8.08. The topological polar surface area (TPSA) is 109 Å². The maximum atomic E-state index is 6.20. The Balaban J connectivity index is 1.66. The minimum atomic E-state index is -0.688. The highest BCUT2D eigenvalue weighted by Crippen LogP contribution is 2.43. The van der Waals surface area contributed by atoms with Gasteiger partial charge in [0.2, 0.25) is 0 Å². The monoisotopic (exact) mass is 344 g/mol. The number of rotatable bonds is 4. The van der Waals surface area contributed by atoms with Gasteiger partial charge in [0.25, 0.3) is 0 Å². The minimum absolute atomic E-state index is 0.207. The Hall–Kier alpha value is -2.25. The number of nitrogens with two attached hydrogens (primary N) is 1. The van der Waals surface area contributed by atoms with E-state index in [9.17, 15) is 0 Å². The van der Waals surface area contributed by atoms with Gasteiger partial charge in [-0.05, 0) is 13.8 Å². The van der Waals surface area contributed by atoms with Gasteiger partial charge in [-0.25, -0.2) is 15.0 Å². The molecule has 2 aliphatic rings. The van der Waals surface area contributed by atoms with Crippen LogP contribution in [0.4, 0.5) is 5.82 Å². The first-order valence-corrected chi connectivity index (χ1v) is 8.08. The molecule has 1 unspecified atom stereocenters. The lowest BCUT2D eigenvalue weighted by Gasteiger charge is -2.24. The number of hydrogen-bond donors (Lipinski definition) is 2. The molecule has 2 saturated heterocycles. The second-order valence-electron chi connectivity index (χ2n) is 6.55. The molecule has 0 amide bonds. The molecule has 132 valence electrons. The van der Waals surface area contributed by atoms with Gasteiger partial charge >= 0.3 is 0 Å². The summed E-state index contributed by atoms with van der Waals surface area (Å²) in [4.78, 5) is 12.6. The molecule has 0 saturated carbocycles. The highest BCUT2D eigenvalue weighted by atomic mass is 16.8. The average molecular weight is 344 g/mol. The standard InChI is InChI=1S/C16H20N6O3/c1-4-5-18-6-9-11-12(25-16(2,3)24-11)15(23-9)22-8-21-10-13(17)19-7-20-14(10)22/h1,7-9,11-12,15,18H,5-6H2,2-3H3,(H2,17,19,20)/t9-,11?,12+,15-/m1/s1. The maximum Gasteiger partial charge on any atom is 0.167 e. The summed E-state index contributed by atoms with van der Waals surface area (Å²) in [6.07, 6.45) is 7.20. The van der Waals surface area contributed by atoms with Crippen LogP contribution in [0.5, 0.6) is 0 Å². The zero-order valence-electron chi connectivity index (χ0n) is 14.0. The summed E-state index contributed by atoms with van der Waals surface area (Å²) in [6, 6.07) is 0. The van der Waals surface area contributed by atoms with Crippen LogP contribution in [-0.2, 0) is 14.2 Å². The average Bonchev–Trinajstić information content (AvgIpc) is 3.20. The van der Waals surface area contributed by atoms with Crippen LogP contribution >= 0.6 is 0 Å². The third kappa shape index (κ3) is 2.73. The van der Waals surface area contributed by atoms with Gasteiger partial charge in [0.1, 0.15) is 30.2 Å². The zero-order chi connectivity index (χ0) is 17.6. The molecule has 25 heavy (non-hydrogen) atoms. The molecule has 2 aromatic heterocycles. The number of anilines is 1. The van der Waals surface area contributed by atoms with E-state index in [2.05, 4.69) is 26.2 Å². The Morgan fingerprint density at radius 1 is 1.32 bits per heavy atom. The molecule has 9 nitrogen and oxygen atoms in total. The molecule has 2 aromatic rings. The fraction of sp³-hybridized carbons (Fsp3) is 0.562. The van der Waals surface area contributed by atoms with Crippen molar-refractivity contribution in [3.8, 4) is 12.3 Å². The third-order valence-corrected chi connectivity index (χ3v) is 4.36. The molecule has 0 aliphatic carbocycles. The molecular weight excluding hydrogens is 324 g/mol. The van der Waals surface area contributed by atoms with Gasteiger partial charge in [-0.1, -0.05) is 5.92 Å². The Bertz CT molecular complexity index is 829. The van der Waals surface area contributed by atoms with Crippen LogP contribution in [0.3, 0.4) is 0 Å². The number of nitrogen functional groups attached to an aromatic ring is 1. The van der Waals surface area contributed by atoms with E-state index in [0.29, 0.717) is 30.1 Å². The van der Waals surface area contributed by atoms with Crippen molar-refractivity contribution in [1.29, 1.82) is 0 Å². The van der Waals surface area contributed by atoms with Gasteiger partial charge in [-0.15, -0.1) is 6.42 Å². The van der Waals surface area contributed by atoms with Crippen molar-refractivity contribution in [3.05, 3.63) is 12.7 Å². The van der Waals surface area contributed by atoms with Crippen molar-refractivity contribution in [1.82, 2.24) is 24.8 Å². The van der Waals surface area contributed by atoms with Crippen LogP contribution in [0.15, 0.2) is 12.7 Å². The molecule has 4 heterocycles. The summed E-state index contributed by atoms with van der Waals surface area (Å²) in [5, 5.41) is 3.16. The number of nitrogens with one attached hydrogen (secondary N) is 1. The predicted octanol–water partition coefficient (Wildman–Crippen LogP) is 0.0488. The third-order valence-electron chi connectivity index (χ3n) is 4.36. The molecule has 0 spiro atoms. The van der Waals surface area contributed by atoms with Crippen molar-refractivity contribution in [2.45, 2.75) is 44.2 Å². The van der Waals surface area contributed by atoms with Crippen molar-refractivity contribution in [3.63, 3.8) is 0 Å². The largest absolute Gasteiger partial charge is 0.382 e. The summed E-state index contributed by atoms with van der Waals surface area (Å²) in [7, 11) is 0. The van der Waals surface area contributed by atoms with Gasteiger partial charge < -0.3 is 25.3 Å². The quantitative estimate of drug-likeness (QED) is 0.591. The summed E-state index contributed by atoms with van der Waals surface area (Å²) in [5.74, 6) is 2.19. The van der Waals surface area contributed by atoms with Crippen LogP contribution < -0.4 is 11.1 Å². The normalized spacial score (nSPS) is 30.4. The molecule has 2 aliphatic heterocycles. The number of fused-ring (bicyclic) bond motifs is 2. The van der Waals surface area contributed by atoms with Gasteiger partial charge in [-0.3, -0.25) is 4.57 Å². The van der Waals surface area contributed by atoms with Crippen molar-refractivity contribution in [2.24, 2.45) is 0 Å². The number of ether oxygens (including phenoxy) is 3. The van der Waals surface area contributed by atoms with E-state index >= 15 is 0 Å². The van der Waals surface area contributed by atoms with Crippen LogP contribution in [-0.4, -0.2) is 56.7 Å². The Morgan fingerprint density at radius 2 is 2.12 bits per heavy atom. The van der Waals surface area contributed by atoms with E-state index < -0.39 is 12.0 Å². The highest BCUT2D eigenvalue weighted by molar-refractivity contribution is 5.81. The Kier molecular flexibility index (Phi) is 3.85. The fourth-order valence-corrected chi connectivity index (χ4v) is 3.39. The molecule has 0 aromatic carbocycles. The van der Waals surface area contributed by atoms with E-state index in [1.165, 1.54) is 6.33 Å². The molecular formula is C16H20N6O3. The van der Waals surface area contributed by atoms with E-state index in [-0.39, 0.29) is 18.3 Å². The zero-order valence-corrected chi connectivity index (χ0v) is 14.0. The van der Waals surface area contributed by atoms with Crippen molar-refractivity contribution < 1.29 is 14.2 Å². The molecule has 4 rings (SSSR count). The number of nitrogens with zero attached hydrogens (tertiary/aromatic N) is 4. The molecule has 0 radical (unpaired) electrons. The van der Waals surface area contributed by atoms with Crippen LogP contribution in [0.25, 0.3) is 11.2 Å². The fourth-order valence-electron chi connectivity index (χ4n) is 3.39. The number of terminal acetylenes is 1. The summed E-state index contributed by atoms with van der Waals surface area (Å²) in [5.41, 5.74) is 7.01. The van der Waals surface area contributed by atoms with Gasteiger partial charge in [-0.2, -0.15) is 0 Å². The number of imidazole rings is 1. The molecule has 9 heteroatoms. The molecule has 0 bridgehead atoms. The van der Waals surface area contributed by atoms with Crippen molar-refractivity contribution in [2.75, 3.05) is 18.8 Å². The molecule has 4 atom stereocenters.